The Labute approximate surface area is 193 Å². The van der Waals surface area contributed by atoms with Gasteiger partial charge in [0.25, 0.3) is 0 Å². The van der Waals surface area contributed by atoms with Crippen LogP contribution < -0.4 is 0 Å². The number of hydrogen-bond acceptors (Lipinski definition) is 2. The van der Waals surface area contributed by atoms with E-state index < -0.39 is 11.7 Å². The lowest BCUT2D eigenvalue weighted by atomic mass is 9.73. The van der Waals surface area contributed by atoms with E-state index in [2.05, 4.69) is 21.9 Å². The molecule has 1 aliphatic rings. The molecule has 1 saturated carbocycles. The van der Waals surface area contributed by atoms with Gasteiger partial charge in [0.2, 0.25) is 0 Å². The molecule has 2 heterocycles. The molecule has 1 fully saturated rings. The van der Waals surface area contributed by atoms with Crippen molar-refractivity contribution < 1.29 is 17.6 Å². The Hall–Kier alpha value is -2.67. The topological polar surface area (TPSA) is 41.6 Å². The minimum atomic E-state index is -4.47. The number of nitrogens with zero attached hydrogens (tertiary/aromatic N) is 2. The van der Waals surface area contributed by atoms with E-state index in [1.165, 1.54) is 6.07 Å². The SMILES string of the molecule is C[C@H](c1nc2c(Cl)cc(C(F)(F)F)cc2[nH]1)C1CCC(c2ccnc3ccc(F)cc23)CC1. The van der Waals surface area contributed by atoms with Gasteiger partial charge in [-0.05, 0) is 79.5 Å². The Kier molecular flexibility index (Phi) is 5.55. The summed E-state index contributed by atoms with van der Waals surface area (Å²) in [4.78, 5) is 12.0. The van der Waals surface area contributed by atoms with Gasteiger partial charge < -0.3 is 4.98 Å². The minimum Gasteiger partial charge on any atom is -0.342 e. The molecule has 0 radical (unpaired) electrons. The van der Waals surface area contributed by atoms with Crippen LogP contribution >= 0.6 is 11.6 Å². The Balaban J connectivity index is 1.35. The molecule has 1 atom stereocenters. The fraction of sp³-hybridized carbons (Fsp3) is 0.360. The molecule has 0 amide bonds. The van der Waals surface area contributed by atoms with Crippen LogP contribution in [0.2, 0.25) is 5.02 Å². The monoisotopic (exact) mass is 475 g/mol. The van der Waals surface area contributed by atoms with Crippen molar-refractivity contribution in [1.82, 2.24) is 15.0 Å². The van der Waals surface area contributed by atoms with Crippen molar-refractivity contribution >= 4 is 33.5 Å². The van der Waals surface area contributed by atoms with Crippen molar-refractivity contribution in [3.05, 3.63) is 70.4 Å². The van der Waals surface area contributed by atoms with Crippen LogP contribution in [0.3, 0.4) is 0 Å². The Morgan fingerprint density at radius 2 is 1.82 bits per heavy atom. The second-order valence-corrected chi connectivity index (χ2v) is 9.34. The van der Waals surface area contributed by atoms with Crippen LogP contribution in [0.5, 0.6) is 0 Å². The lowest BCUT2D eigenvalue weighted by molar-refractivity contribution is -0.137. The van der Waals surface area contributed by atoms with Crippen LogP contribution in [0.15, 0.2) is 42.6 Å². The molecule has 0 aliphatic heterocycles. The fourth-order valence-electron chi connectivity index (χ4n) is 5.12. The van der Waals surface area contributed by atoms with Crippen molar-refractivity contribution in [2.24, 2.45) is 5.92 Å². The van der Waals surface area contributed by atoms with Gasteiger partial charge in [-0.15, -0.1) is 0 Å². The van der Waals surface area contributed by atoms with Crippen molar-refractivity contribution in [3.8, 4) is 0 Å². The third-order valence-corrected chi connectivity index (χ3v) is 7.26. The first-order valence-corrected chi connectivity index (χ1v) is 11.4. The average Bonchev–Trinajstić information content (AvgIpc) is 3.23. The molecule has 0 bridgehead atoms. The summed E-state index contributed by atoms with van der Waals surface area (Å²) < 4.78 is 53.2. The molecule has 2 aromatic carbocycles. The molecule has 3 nitrogen and oxygen atoms in total. The van der Waals surface area contributed by atoms with Gasteiger partial charge in [-0.25, -0.2) is 9.37 Å². The van der Waals surface area contributed by atoms with Crippen LogP contribution in [-0.2, 0) is 6.18 Å². The third-order valence-electron chi connectivity index (χ3n) is 6.97. The first-order chi connectivity index (χ1) is 15.7. The summed E-state index contributed by atoms with van der Waals surface area (Å²) in [6.45, 7) is 2.05. The van der Waals surface area contributed by atoms with Gasteiger partial charge in [0.15, 0.2) is 0 Å². The van der Waals surface area contributed by atoms with Gasteiger partial charge in [-0.3, -0.25) is 4.98 Å². The minimum absolute atomic E-state index is 0.00460. The van der Waals surface area contributed by atoms with Crippen LogP contribution in [0, 0.1) is 11.7 Å². The van der Waals surface area contributed by atoms with Crippen molar-refractivity contribution in [2.75, 3.05) is 0 Å². The highest BCUT2D eigenvalue weighted by atomic mass is 35.5. The standard InChI is InChI=1S/C25H22ClF4N3/c1-13(24-32-22-11-16(25(28,29)30)10-20(26)23(22)33-24)14-2-4-15(5-3-14)18-8-9-31-21-7-6-17(27)12-19(18)21/h6-15H,2-5H2,1H3,(H,32,33)/t13-,14?,15?/m0/s1. The zero-order chi connectivity index (χ0) is 23.3. The number of hydrogen-bond donors (Lipinski definition) is 1. The van der Waals surface area contributed by atoms with Crippen molar-refractivity contribution in [2.45, 2.75) is 50.6 Å². The molecular weight excluding hydrogens is 454 g/mol. The number of halogens is 5. The van der Waals surface area contributed by atoms with Gasteiger partial charge >= 0.3 is 6.18 Å². The predicted octanol–water partition coefficient (Wildman–Crippen LogP) is 8.00. The number of pyridine rings is 1. The molecule has 33 heavy (non-hydrogen) atoms. The van der Waals surface area contributed by atoms with Gasteiger partial charge in [0, 0.05) is 17.5 Å². The number of H-pyrrole nitrogens is 1. The molecule has 4 aromatic rings. The smallest absolute Gasteiger partial charge is 0.342 e. The average molecular weight is 476 g/mol. The number of imidazole rings is 1. The Bertz CT molecular complexity index is 1320. The number of rotatable bonds is 3. The number of fused-ring (bicyclic) bond motifs is 2. The molecular formula is C25H22ClF4N3. The van der Waals surface area contributed by atoms with Crippen LogP contribution in [0.25, 0.3) is 21.9 Å². The summed E-state index contributed by atoms with van der Waals surface area (Å²) in [5.41, 5.74) is 1.80. The first kappa shape index (κ1) is 22.1. The lowest BCUT2D eigenvalue weighted by Gasteiger charge is -2.32. The van der Waals surface area contributed by atoms with E-state index in [0.29, 0.717) is 28.7 Å². The zero-order valence-corrected chi connectivity index (χ0v) is 18.6. The first-order valence-electron chi connectivity index (χ1n) is 11.0. The van der Waals surface area contributed by atoms with Crippen molar-refractivity contribution in [1.29, 1.82) is 0 Å². The summed E-state index contributed by atoms with van der Waals surface area (Å²) in [5, 5.41) is 0.858. The van der Waals surface area contributed by atoms with E-state index in [9.17, 15) is 17.6 Å². The predicted molar refractivity (Wildman–Crippen MR) is 121 cm³/mol. The second kappa shape index (κ2) is 8.28. The van der Waals surface area contributed by atoms with Crippen LogP contribution in [0.1, 0.15) is 61.4 Å². The largest absolute Gasteiger partial charge is 0.416 e. The number of nitrogens with one attached hydrogen (secondary N) is 1. The molecule has 0 spiro atoms. The normalized spacial score (nSPS) is 20.4. The van der Waals surface area contributed by atoms with Gasteiger partial charge in [-0.1, -0.05) is 18.5 Å². The molecule has 8 heteroatoms. The summed E-state index contributed by atoms with van der Waals surface area (Å²) in [6, 6.07) is 8.66. The van der Waals surface area contributed by atoms with E-state index in [-0.39, 0.29) is 16.8 Å². The van der Waals surface area contributed by atoms with E-state index in [4.69, 9.17) is 11.6 Å². The maximum atomic E-state index is 13.8. The molecule has 1 aliphatic carbocycles. The van der Waals surface area contributed by atoms with Crippen LogP contribution in [0.4, 0.5) is 17.6 Å². The third kappa shape index (κ3) is 4.19. The highest BCUT2D eigenvalue weighted by Crippen LogP contribution is 2.43. The van der Waals surface area contributed by atoms with Gasteiger partial charge in [-0.2, -0.15) is 13.2 Å². The highest BCUT2D eigenvalue weighted by Gasteiger charge is 2.33. The molecule has 0 saturated heterocycles. The van der Waals surface area contributed by atoms with Gasteiger partial charge in [0.05, 0.1) is 21.6 Å². The summed E-state index contributed by atoms with van der Waals surface area (Å²) >= 11 is 6.10. The number of aromatic amines is 1. The van der Waals surface area contributed by atoms with E-state index in [1.54, 1.807) is 18.3 Å². The summed E-state index contributed by atoms with van der Waals surface area (Å²) in [5.74, 6) is 1.10. The van der Waals surface area contributed by atoms with Crippen molar-refractivity contribution in [3.63, 3.8) is 0 Å². The second-order valence-electron chi connectivity index (χ2n) is 8.94. The maximum absolute atomic E-state index is 13.8. The maximum Gasteiger partial charge on any atom is 0.416 e. The van der Waals surface area contributed by atoms with E-state index in [0.717, 1.165) is 54.3 Å². The highest BCUT2D eigenvalue weighted by molar-refractivity contribution is 6.35. The number of aromatic nitrogens is 3. The van der Waals surface area contributed by atoms with E-state index >= 15 is 0 Å². The summed E-state index contributed by atoms with van der Waals surface area (Å²) in [7, 11) is 0. The molecule has 2 aromatic heterocycles. The van der Waals surface area contributed by atoms with Gasteiger partial charge in [0.1, 0.15) is 17.2 Å². The molecule has 1 N–H and O–H groups in total. The Morgan fingerprint density at radius 1 is 1.06 bits per heavy atom. The van der Waals surface area contributed by atoms with Crippen LogP contribution in [-0.4, -0.2) is 15.0 Å². The fourth-order valence-corrected chi connectivity index (χ4v) is 5.38. The number of alkyl halides is 3. The number of benzene rings is 2. The Morgan fingerprint density at radius 3 is 2.55 bits per heavy atom. The summed E-state index contributed by atoms with van der Waals surface area (Å²) in [6.07, 6.45) is 1.10. The molecule has 172 valence electrons. The molecule has 0 unspecified atom stereocenters. The lowest BCUT2D eigenvalue weighted by Crippen LogP contribution is -2.19. The zero-order valence-electron chi connectivity index (χ0n) is 17.9. The van der Waals surface area contributed by atoms with E-state index in [1.807, 2.05) is 6.07 Å². The quantitative estimate of drug-likeness (QED) is 0.305. The molecule has 5 rings (SSSR count).